The molecule has 0 spiro atoms. The Hall–Kier alpha value is 0.630. The topological polar surface area (TPSA) is 0 Å². The van der Waals surface area contributed by atoms with Crippen LogP contribution in [0.3, 0.4) is 0 Å². The Kier molecular flexibility index (Phi) is 6.44. The highest BCUT2D eigenvalue weighted by Crippen LogP contribution is 2.40. The van der Waals surface area contributed by atoms with E-state index in [1.165, 1.54) is 38.5 Å². The van der Waals surface area contributed by atoms with Crippen LogP contribution in [0.15, 0.2) is 12.3 Å². The van der Waals surface area contributed by atoms with E-state index >= 15 is 0 Å². The van der Waals surface area contributed by atoms with E-state index < -0.39 is 0 Å². The number of quaternary nitrogens is 1. The third-order valence-corrected chi connectivity index (χ3v) is 4.47. The van der Waals surface area contributed by atoms with Gasteiger partial charge in [-0.2, -0.15) is 0 Å². The molecule has 0 aromatic carbocycles. The van der Waals surface area contributed by atoms with Crippen molar-refractivity contribution in [2.45, 2.75) is 50.2 Å². The fourth-order valence-corrected chi connectivity index (χ4v) is 3.58. The molecule has 0 N–H and O–H groups in total. The van der Waals surface area contributed by atoms with Crippen LogP contribution in [-0.4, -0.2) is 14.7 Å². The molecule has 1 rings (SSSR count). The third-order valence-electron chi connectivity index (χ3n) is 2.55. The average molecular weight is 269 g/mol. The summed E-state index contributed by atoms with van der Waals surface area (Å²) < 4.78 is 0.477. The summed E-state index contributed by atoms with van der Waals surface area (Å²) in [6.45, 7) is 3.23. The Balaban J connectivity index is 2.03. The first-order chi connectivity index (χ1) is 7.16. The molecule has 0 fully saturated rings. The van der Waals surface area contributed by atoms with Crippen LogP contribution in [0.2, 0.25) is 0 Å². The van der Waals surface area contributed by atoms with Crippen molar-refractivity contribution < 1.29 is 3.41 Å². The van der Waals surface area contributed by atoms with Crippen LogP contribution < -0.4 is 0 Å². The van der Waals surface area contributed by atoms with E-state index in [1.807, 2.05) is 12.3 Å². The van der Waals surface area contributed by atoms with Crippen LogP contribution in [-0.2, 0) is 0 Å². The van der Waals surface area contributed by atoms with Crippen molar-refractivity contribution in [2.75, 3.05) is 6.54 Å². The van der Waals surface area contributed by atoms with Gasteiger partial charge in [0.1, 0.15) is 24.7 Å². The van der Waals surface area contributed by atoms with Crippen molar-refractivity contribution >= 4 is 35.3 Å². The number of hydrogen-bond donors (Lipinski definition) is 0. The van der Waals surface area contributed by atoms with Crippen LogP contribution >= 0.6 is 35.3 Å². The molecule has 1 aliphatic heterocycles. The third kappa shape index (κ3) is 5.48. The number of alkyl halides is 1. The first kappa shape index (κ1) is 13.7. The van der Waals surface area contributed by atoms with Crippen molar-refractivity contribution in [3.8, 4) is 0 Å². The van der Waals surface area contributed by atoms with E-state index in [9.17, 15) is 0 Å². The lowest BCUT2D eigenvalue weighted by molar-refractivity contribution is -0.603. The van der Waals surface area contributed by atoms with Crippen LogP contribution in [0.4, 0.5) is 0 Å². The lowest BCUT2D eigenvalue weighted by Crippen LogP contribution is -2.22. The molecule has 0 saturated heterocycles. The van der Waals surface area contributed by atoms with Gasteiger partial charge in [-0.15, -0.1) is 15.0 Å². The van der Waals surface area contributed by atoms with Crippen molar-refractivity contribution in [3.63, 3.8) is 0 Å². The van der Waals surface area contributed by atoms with Crippen LogP contribution in [0, 0.1) is 0 Å². The minimum atomic E-state index is 0.0441. The maximum absolute atomic E-state index is 6.33. The second-order valence-electron chi connectivity index (χ2n) is 3.99. The van der Waals surface area contributed by atoms with E-state index in [1.54, 1.807) is 11.9 Å². The van der Waals surface area contributed by atoms with Crippen LogP contribution in [0.5, 0.6) is 0 Å². The van der Waals surface area contributed by atoms with Gasteiger partial charge in [-0.3, -0.25) is 0 Å². The summed E-state index contributed by atoms with van der Waals surface area (Å²) in [6.07, 6.45) is 11.8. The number of halogens is 2. The zero-order valence-corrected chi connectivity index (χ0v) is 11.6. The molecule has 2 unspecified atom stereocenters. The molecule has 2 atom stereocenters. The molecule has 0 aromatic rings. The zero-order valence-electron chi connectivity index (χ0n) is 9.29. The van der Waals surface area contributed by atoms with Gasteiger partial charge in [0, 0.05) is 6.08 Å². The quantitative estimate of drug-likeness (QED) is 0.269. The van der Waals surface area contributed by atoms with Gasteiger partial charge >= 0.3 is 0 Å². The van der Waals surface area contributed by atoms with Gasteiger partial charge in [-0.25, -0.2) is 0 Å². The molecular formula is C11H20Cl2NS+. The Bertz CT molecular complexity index is 211. The van der Waals surface area contributed by atoms with Gasteiger partial charge in [0.15, 0.2) is 16.5 Å². The highest BCUT2D eigenvalue weighted by molar-refractivity contribution is 7.96. The van der Waals surface area contributed by atoms with E-state index in [0.717, 1.165) is 6.54 Å². The first-order valence-corrected chi connectivity index (χ1v) is 7.36. The molecule has 1 nitrogen and oxygen atoms in total. The molecule has 0 radical (unpaired) electrons. The number of hydrogen-bond acceptors (Lipinski definition) is 1. The molecular weight excluding hydrogens is 249 g/mol. The number of nitrogens with zero attached hydrogens (tertiary/aromatic N) is 1. The smallest absolute Gasteiger partial charge is 0.134 e. The fraction of sp³-hybridized carbons (Fsp3) is 0.818. The molecule has 4 heteroatoms. The van der Waals surface area contributed by atoms with Gasteiger partial charge in [0.25, 0.3) is 0 Å². The summed E-state index contributed by atoms with van der Waals surface area (Å²) >= 11 is 13.9. The van der Waals surface area contributed by atoms with Crippen LogP contribution in [0.25, 0.3) is 0 Å². The van der Waals surface area contributed by atoms with Crippen LogP contribution in [0.1, 0.15) is 45.4 Å². The molecule has 0 aliphatic carbocycles. The van der Waals surface area contributed by atoms with E-state index in [2.05, 4.69) is 6.92 Å². The summed E-state index contributed by atoms with van der Waals surface area (Å²) in [5.74, 6) is 0. The van der Waals surface area contributed by atoms with E-state index in [0.29, 0.717) is 3.41 Å². The predicted molar refractivity (Wildman–Crippen MR) is 70.7 cm³/mol. The van der Waals surface area contributed by atoms with Gasteiger partial charge in [0.05, 0.1) is 0 Å². The zero-order chi connectivity index (χ0) is 11.1. The lowest BCUT2D eigenvalue weighted by atomic mass is 10.1. The van der Waals surface area contributed by atoms with E-state index in [4.69, 9.17) is 23.4 Å². The maximum atomic E-state index is 6.33. The monoisotopic (exact) mass is 268 g/mol. The Morgan fingerprint density at radius 2 is 1.87 bits per heavy atom. The molecule has 1 aliphatic rings. The Labute approximate surface area is 108 Å². The number of rotatable bonds is 7. The summed E-state index contributed by atoms with van der Waals surface area (Å²) in [6, 6.07) is 0. The van der Waals surface area contributed by atoms with Crippen molar-refractivity contribution in [3.05, 3.63) is 12.3 Å². The molecule has 0 aromatic heterocycles. The molecule has 0 saturated carbocycles. The number of unbranched alkanes of at least 4 members (excludes halogenated alkanes) is 5. The van der Waals surface area contributed by atoms with Crippen molar-refractivity contribution in [1.82, 2.24) is 0 Å². The van der Waals surface area contributed by atoms with Gasteiger partial charge < -0.3 is 0 Å². The standard InChI is InChI=1S/C11H20Cl2NS/c1-2-3-4-5-6-7-9-14(13)10-8-11(12)15-14/h8,10-11H,2-7,9H2,1H3/q+1. The molecule has 0 bridgehead atoms. The summed E-state index contributed by atoms with van der Waals surface area (Å²) in [5, 5.41) is 0. The predicted octanol–water partition coefficient (Wildman–Crippen LogP) is 5.06. The highest BCUT2D eigenvalue weighted by atomic mass is 35.5. The largest absolute Gasteiger partial charge is 0.184 e. The SMILES string of the molecule is CCCCCCCC[N+]1(Cl)C=CC(Cl)S1. The second-order valence-corrected chi connectivity index (χ2v) is 6.90. The molecule has 1 heterocycles. The maximum Gasteiger partial charge on any atom is 0.184 e. The van der Waals surface area contributed by atoms with Crippen molar-refractivity contribution in [2.24, 2.45) is 0 Å². The second kappa shape index (κ2) is 7.05. The average Bonchev–Trinajstić information content (AvgIpc) is 2.53. The first-order valence-electron chi connectivity index (χ1n) is 5.75. The minimum Gasteiger partial charge on any atom is -0.134 e. The van der Waals surface area contributed by atoms with E-state index in [-0.39, 0.29) is 4.71 Å². The molecule has 0 amide bonds. The Morgan fingerprint density at radius 1 is 1.20 bits per heavy atom. The summed E-state index contributed by atoms with van der Waals surface area (Å²) in [5.41, 5.74) is 0. The minimum absolute atomic E-state index is 0.0441. The summed E-state index contributed by atoms with van der Waals surface area (Å²) in [4.78, 5) is 0. The van der Waals surface area contributed by atoms with Gasteiger partial charge in [-0.1, -0.05) is 32.6 Å². The van der Waals surface area contributed by atoms with Gasteiger partial charge in [0.2, 0.25) is 0 Å². The summed E-state index contributed by atoms with van der Waals surface area (Å²) in [7, 11) is 0. The molecule has 15 heavy (non-hydrogen) atoms. The fourth-order valence-electron chi connectivity index (χ4n) is 1.67. The van der Waals surface area contributed by atoms with Gasteiger partial charge in [-0.05, 0) is 12.8 Å². The van der Waals surface area contributed by atoms with Crippen molar-refractivity contribution in [1.29, 1.82) is 0 Å². The highest BCUT2D eigenvalue weighted by Gasteiger charge is 2.34. The lowest BCUT2D eigenvalue weighted by Gasteiger charge is -2.18. The Morgan fingerprint density at radius 3 is 2.47 bits per heavy atom. The normalized spacial score (nSPS) is 29.9. The molecule has 88 valence electrons.